The first-order valence-corrected chi connectivity index (χ1v) is 14.5. The van der Waals surface area contributed by atoms with E-state index in [1.807, 2.05) is 0 Å². The van der Waals surface area contributed by atoms with Gasteiger partial charge in [0.2, 0.25) is 9.84 Å². The molecule has 12 heteroatoms. The van der Waals surface area contributed by atoms with Crippen LogP contribution in [0.2, 0.25) is 0 Å². The Hall–Kier alpha value is -4.03. The van der Waals surface area contributed by atoms with Crippen LogP contribution in [0.15, 0.2) is 82.1 Å². The van der Waals surface area contributed by atoms with E-state index in [1.54, 1.807) is 25.1 Å². The number of carbonyl (C=O) groups is 3. The monoisotopic (exact) mass is 588 g/mol. The van der Waals surface area contributed by atoms with Crippen molar-refractivity contribution in [3.63, 3.8) is 0 Å². The molecule has 41 heavy (non-hydrogen) atoms. The zero-order chi connectivity index (χ0) is 30.2. The van der Waals surface area contributed by atoms with Gasteiger partial charge in [-0.1, -0.05) is 36.4 Å². The Balaban J connectivity index is 0.000000436. The molecule has 0 aromatic heterocycles. The van der Waals surface area contributed by atoms with E-state index in [-0.39, 0.29) is 33.9 Å². The zero-order valence-corrected chi connectivity index (χ0v) is 23.3. The van der Waals surface area contributed by atoms with Crippen LogP contribution in [-0.4, -0.2) is 71.8 Å². The maximum absolute atomic E-state index is 14.4. The Labute approximate surface area is 237 Å². The number of amides is 1. The summed E-state index contributed by atoms with van der Waals surface area (Å²) in [5, 5.41) is 30.1. The lowest BCUT2D eigenvalue weighted by atomic mass is 9.80. The molecule has 2 aliphatic rings. The van der Waals surface area contributed by atoms with Gasteiger partial charge in [-0.15, -0.1) is 0 Å². The zero-order valence-electron chi connectivity index (χ0n) is 22.5. The molecule has 1 aliphatic carbocycles. The number of hydrogen-bond donors (Lipinski definition) is 4. The average molecular weight is 589 g/mol. The van der Waals surface area contributed by atoms with Crippen LogP contribution in [-0.2, 0) is 25.8 Å². The molecule has 0 spiro atoms. The van der Waals surface area contributed by atoms with Gasteiger partial charge >= 0.3 is 18.0 Å². The maximum Gasteiger partial charge on any atom is 0.407 e. The SMILES string of the molecule is CC1(NCCc2cc(S(=O)(=O)c3ccccc3)ccc2F)C=CC(C(=O)O)=CC1C(=O)O.O=C(O)N1CCCCC1. The number of sulfone groups is 1. The Bertz CT molecular complexity index is 1440. The maximum atomic E-state index is 14.4. The van der Waals surface area contributed by atoms with Gasteiger partial charge in [-0.3, -0.25) is 4.79 Å². The number of carboxylic acids is 2. The minimum Gasteiger partial charge on any atom is -0.481 e. The molecular weight excluding hydrogens is 555 g/mol. The van der Waals surface area contributed by atoms with Gasteiger partial charge < -0.3 is 25.5 Å². The van der Waals surface area contributed by atoms with Crippen LogP contribution >= 0.6 is 0 Å². The molecule has 1 fully saturated rings. The summed E-state index contributed by atoms with van der Waals surface area (Å²) in [5.41, 5.74) is -1.07. The molecule has 4 N–H and O–H groups in total. The molecule has 2 atom stereocenters. The quantitative estimate of drug-likeness (QED) is 0.334. The highest BCUT2D eigenvalue weighted by Gasteiger charge is 2.38. The number of nitrogens with one attached hydrogen (secondary N) is 1. The van der Waals surface area contributed by atoms with Gasteiger partial charge in [0.1, 0.15) is 5.82 Å². The van der Waals surface area contributed by atoms with Crippen molar-refractivity contribution >= 4 is 27.9 Å². The van der Waals surface area contributed by atoms with Gasteiger partial charge in [-0.2, -0.15) is 0 Å². The van der Waals surface area contributed by atoms with Crippen LogP contribution in [0.1, 0.15) is 31.7 Å². The number of carboxylic acid groups (broad SMARTS) is 3. The first-order chi connectivity index (χ1) is 19.3. The number of benzene rings is 2. The van der Waals surface area contributed by atoms with Crippen molar-refractivity contribution in [1.29, 1.82) is 0 Å². The van der Waals surface area contributed by atoms with Crippen LogP contribution < -0.4 is 5.32 Å². The smallest absolute Gasteiger partial charge is 0.407 e. The first kappa shape index (κ1) is 31.5. The van der Waals surface area contributed by atoms with Crippen LogP contribution in [0.5, 0.6) is 0 Å². The first-order valence-electron chi connectivity index (χ1n) is 13.0. The van der Waals surface area contributed by atoms with E-state index in [1.165, 1.54) is 47.7 Å². The van der Waals surface area contributed by atoms with E-state index >= 15 is 0 Å². The Morgan fingerprint density at radius 3 is 2.22 bits per heavy atom. The molecule has 0 bridgehead atoms. The highest BCUT2D eigenvalue weighted by atomic mass is 32.2. The van der Waals surface area contributed by atoms with Crippen molar-refractivity contribution in [3.8, 4) is 0 Å². The van der Waals surface area contributed by atoms with Crippen LogP contribution in [0.25, 0.3) is 0 Å². The van der Waals surface area contributed by atoms with Crippen molar-refractivity contribution in [2.75, 3.05) is 19.6 Å². The summed E-state index contributed by atoms with van der Waals surface area (Å²) >= 11 is 0. The molecule has 10 nitrogen and oxygen atoms in total. The molecule has 220 valence electrons. The topological polar surface area (TPSA) is 161 Å². The number of piperidine rings is 1. The Kier molecular flexibility index (Phi) is 10.4. The molecule has 0 radical (unpaired) electrons. The average Bonchev–Trinajstić information content (AvgIpc) is 2.95. The van der Waals surface area contributed by atoms with E-state index in [2.05, 4.69) is 5.32 Å². The highest BCUT2D eigenvalue weighted by molar-refractivity contribution is 7.91. The second-order valence-electron chi connectivity index (χ2n) is 9.94. The fourth-order valence-electron chi connectivity index (χ4n) is 4.61. The molecule has 1 heterocycles. The minimum absolute atomic E-state index is 0.0404. The molecule has 1 aliphatic heterocycles. The highest BCUT2D eigenvalue weighted by Crippen LogP contribution is 2.28. The molecule has 2 aromatic rings. The summed E-state index contributed by atoms with van der Waals surface area (Å²) in [6.07, 6.45) is 6.52. The second kappa shape index (κ2) is 13.6. The lowest BCUT2D eigenvalue weighted by Crippen LogP contribution is -2.51. The van der Waals surface area contributed by atoms with E-state index in [9.17, 15) is 32.3 Å². The number of halogens is 1. The number of aliphatic carboxylic acids is 2. The molecule has 1 amide bonds. The number of nitrogens with zero attached hydrogens (tertiary/aromatic N) is 1. The van der Waals surface area contributed by atoms with Crippen molar-refractivity contribution in [2.45, 2.75) is 47.9 Å². The predicted octanol–water partition coefficient (Wildman–Crippen LogP) is 3.98. The third-order valence-corrected chi connectivity index (χ3v) is 8.79. The van der Waals surface area contributed by atoms with E-state index < -0.39 is 45.1 Å². The van der Waals surface area contributed by atoms with Gasteiger partial charge in [-0.05, 0) is 68.5 Å². The largest absolute Gasteiger partial charge is 0.481 e. The minimum atomic E-state index is -3.81. The Morgan fingerprint density at radius 1 is 1.00 bits per heavy atom. The van der Waals surface area contributed by atoms with E-state index in [0.717, 1.165) is 38.1 Å². The molecule has 4 rings (SSSR count). The van der Waals surface area contributed by atoms with Gasteiger partial charge in [-0.25, -0.2) is 22.4 Å². The van der Waals surface area contributed by atoms with Crippen molar-refractivity contribution in [2.24, 2.45) is 5.92 Å². The van der Waals surface area contributed by atoms with E-state index in [4.69, 9.17) is 10.2 Å². The number of hydrogen-bond acceptors (Lipinski definition) is 6. The molecular formula is C29H33FN2O8S. The van der Waals surface area contributed by atoms with Crippen LogP contribution in [0.4, 0.5) is 9.18 Å². The Morgan fingerprint density at radius 2 is 1.66 bits per heavy atom. The van der Waals surface area contributed by atoms with Crippen LogP contribution in [0, 0.1) is 11.7 Å². The lowest BCUT2D eigenvalue weighted by Gasteiger charge is -2.34. The number of rotatable bonds is 8. The molecule has 0 saturated carbocycles. The van der Waals surface area contributed by atoms with Gasteiger partial charge in [0, 0.05) is 19.6 Å². The lowest BCUT2D eigenvalue weighted by molar-refractivity contribution is -0.141. The van der Waals surface area contributed by atoms with Gasteiger partial charge in [0.15, 0.2) is 0 Å². The van der Waals surface area contributed by atoms with E-state index in [0.29, 0.717) is 0 Å². The molecule has 2 aromatic carbocycles. The van der Waals surface area contributed by atoms with Crippen molar-refractivity contribution < 1.29 is 42.5 Å². The standard InChI is InChI=1S/C23H22FNO6S.C6H11NO2/c1-23(11-9-16(21(26)27)14-19(23)22(28)29)25-12-10-15-13-18(7-8-20(15)24)32(30,31)17-5-3-2-4-6-17;8-6(9)7-4-2-1-3-5-7/h2-9,11,13-14,19,25H,10,12H2,1H3,(H,26,27)(H,28,29);1-5H2,(H,8,9). The summed E-state index contributed by atoms with van der Waals surface area (Å²) < 4.78 is 40.0. The summed E-state index contributed by atoms with van der Waals surface area (Å²) in [4.78, 5) is 34.7. The summed E-state index contributed by atoms with van der Waals surface area (Å²) in [7, 11) is -3.81. The number of likely N-dealkylation sites (tertiary alicyclic amines) is 1. The van der Waals surface area contributed by atoms with Crippen molar-refractivity contribution in [1.82, 2.24) is 10.2 Å². The van der Waals surface area contributed by atoms with Gasteiger partial charge in [0.05, 0.1) is 26.8 Å². The third kappa shape index (κ3) is 8.01. The fraction of sp³-hybridized carbons (Fsp3) is 0.345. The van der Waals surface area contributed by atoms with Crippen molar-refractivity contribution in [3.05, 3.63) is 83.7 Å². The van der Waals surface area contributed by atoms with Crippen LogP contribution in [0.3, 0.4) is 0 Å². The second-order valence-corrected chi connectivity index (χ2v) is 11.9. The third-order valence-electron chi connectivity index (χ3n) is 7.02. The predicted molar refractivity (Wildman–Crippen MR) is 148 cm³/mol. The fourth-order valence-corrected chi connectivity index (χ4v) is 5.94. The summed E-state index contributed by atoms with van der Waals surface area (Å²) in [6, 6.07) is 11.4. The molecule has 1 saturated heterocycles. The summed E-state index contributed by atoms with van der Waals surface area (Å²) in [6.45, 7) is 3.20. The summed E-state index contributed by atoms with van der Waals surface area (Å²) in [5.74, 6) is -4.16. The normalized spacial score (nSPS) is 20.4. The van der Waals surface area contributed by atoms with Gasteiger partial charge in [0.25, 0.3) is 0 Å². The molecule has 2 unspecified atom stereocenters.